The molecular formula is C43H61N4O7PS2. The molecule has 0 radical (unpaired) electrons. The summed E-state index contributed by atoms with van der Waals surface area (Å²) >= 11 is 7.64. The fourth-order valence-corrected chi connectivity index (χ4v) is 12.0. The monoisotopic (exact) mass is 840 g/mol. The van der Waals surface area contributed by atoms with Gasteiger partial charge in [0.25, 0.3) is 6.64 Å². The van der Waals surface area contributed by atoms with Crippen LogP contribution >= 0.6 is 18.4 Å². The molecule has 11 nitrogen and oxygen atoms in total. The molecule has 5 rings (SSSR count). The average Bonchev–Trinajstić information content (AvgIpc) is 3.74. The minimum absolute atomic E-state index is 0.0533. The number of methoxy groups -OCH3 is 2. The standard InChI is InChI=1S/C43H61N4O7PS2/c1-7-52-30-28-45-55(56,54-42(2,3)4)53-29-13-9-12-27-44-39(48)18-14-17-38-40-37(31-57-38)47(41(49)46-40)43(32-15-10-8-11-16-32,33-19-23-35(50-5)24-20-33)34-21-25-36(51-6)26-22-34/h8,10-11,15-16,19-26,37-38,40H,7,9,12-14,17-18,27-31H2,1-6H3,(H,44,48)(H,45,56)(H,46,49). The van der Waals surface area contributed by atoms with E-state index in [-0.39, 0.29) is 29.3 Å². The lowest BCUT2D eigenvalue weighted by atomic mass is 9.74. The smallest absolute Gasteiger partial charge is 0.319 e. The molecule has 2 heterocycles. The van der Waals surface area contributed by atoms with E-state index in [1.54, 1.807) is 14.2 Å². The number of hydrogen-bond acceptors (Lipinski definition) is 9. The van der Waals surface area contributed by atoms with Crippen LogP contribution in [0.3, 0.4) is 0 Å². The zero-order valence-corrected chi connectivity index (χ0v) is 36.8. The molecule has 0 saturated carbocycles. The normalized spacial score (nSPS) is 19.2. The lowest BCUT2D eigenvalue weighted by molar-refractivity contribution is -0.121. The van der Waals surface area contributed by atoms with Crippen molar-refractivity contribution in [1.29, 1.82) is 0 Å². The Morgan fingerprint density at radius 2 is 1.51 bits per heavy atom. The van der Waals surface area contributed by atoms with Gasteiger partial charge in [-0.3, -0.25) is 4.79 Å². The maximum absolute atomic E-state index is 14.4. The summed E-state index contributed by atoms with van der Waals surface area (Å²) in [4.78, 5) is 29.3. The number of rotatable bonds is 23. The second-order valence-electron chi connectivity index (χ2n) is 15.3. The highest BCUT2D eigenvalue weighted by atomic mass is 32.5. The number of fused-ring (bicyclic) bond motifs is 1. The van der Waals surface area contributed by atoms with Crippen LogP contribution in [0.4, 0.5) is 4.79 Å². The maximum Gasteiger partial charge on any atom is 0.319 e. The van der Waals surface area contributed by atoms with Gasteiger partial charge < -0.3 is 38.8 Å². The highest BCUT2D eigenvalue weighted by molar-refractivity contribution is 8.09. The Hall–Kier alpha value is -3.16. The number of nitrogens with one attached hydrogen (secondary N) is 3. The van der Waals surface area contributed by atoms with Gasteiger partial charge in [-0.05, 0) is 113 Å². The van der Waals surface area contributed by atoms with Gasteiger partial charge in [0.2, 0.25) is 5.91 Å². The fraction of sp³-hybridized carbons (Fsp3) is 0.535. The summed E-state index contributed by atoms with van der Waals surface area (Å²) in [5.74, 6) is 2.33. The predicted molar refractivity (Wildman–Crippen MR) is 233 cm³/mol. The fourth-order valence-electron chi connectivity index (χ4n) is 7.62. The highest BCUT2D eigenvalue weighted by Gasteiger charge is 2.57. The molecule has 2 fully saturated rings. The number of nitrogens with zero attached hydrogens (tertiary/aromatic N) is 1. The van der Waals surface area contributed by atoms with Gasteiger partial charge in [0.1, 0.15) is 17.0 Å². The van der Waals surface area contributed by atoms with Crippen molar-refractivity contribution in [2.24, 2.45) is 0 Å². The zero-order chi connectivity index (χ0) is 40.9. The second-order valence-corrected chi connectivity index (χ2v) is 19.7. The van der Waals surface area contributed by atoms with Gasteiger partial charge in [0.05, 0.1) is 45.1 Å². The third-order valence-corrected chi connectivity index (χ3v) is 14.5. The van der Waals surface area contributed by atoms with Gasteiger partial charge in [-0.1, -0.05) is 54.6 Å². The molecule has 2 saturated heterocycles. The number of unbranched alkanes of at least 4 members (excludes halogenated alkanes) is 2. The molecular weight excluding hydrogens is 780 g/mol. The van der Waals surface area contributed by atoms with E-state index in [1.807, 2.05) is 81.9 Å². The van der Waals surface area contributed by atoms with E-state index in [0.29, 0.717) is 39.3 Å². The number of urea groups is 1. The van der Waals surface area contributed by atoms with Crippen LogP contribution in [0.5, 0.6) is 11.5 Å². The minimum atomic E-state index is -2.65. The van der Waals surface area contributed by atoms with Crippen molar-refractivity contribution in [2.75, 3.05) is 52.9 Å². The van der Waals surface area contributed by atoms with E-state index in [1.165, 1.54) is 0 Å². The van der Waals surface area contributed by atoms with Crippen molar-refractivity contribution in [3.63, 3.8) is 0 Å². The lowest BCUT2D eigenvalue weighted by Crippen LogP contribution is -2.53. The summed E-state index contributed by atoms with van der Waals surface area (Å²) in [5, 5.41) is 9.93. The van der Waals surface area contributed by atoms with E-state index in [4.69, 9.17) is 35.1 Å². The van der Waals surface area contributed by atoms with Crippen LogP contribution in [-0.4, -0.2) is 92.7 Å². The number of hydrogen-bond donors (Lipinski definition) is 3. The van der Waals surface area contributed by atoms with E-state index >= 15 is 0 Å². The Balaban J connectivity index is 1.16. The molecule has 4 unspecified atom stereocenters. The van der Waals surface area contributed by atoms with Crippen LogP contribution in [-0.2, 0) is 35.9 Å². The molecule has 3 N–H and O–H groups in total. The van der Waals surface area contributed by atoms with E-state index in [0.717, 1.165) is 66.0 Å². The van der Waals surface area contributed by atoms with Crippen LogP contribution in [0.25, 0.3) is 0 Å². The van der Waals surface area contributed by atoms with E-state index in [2.05, 4.69) is 57.0 Å². The topological polar surface area (TPSA) is 120 Å². The zero-order valence-electron chi connectivity index (χ0n) is 34.3. The summed E-state index contributed by atoms with van der Waals surface area (Å²) in [6, 6.07) is 26.1. The molecule has 3 amide bonds. The summed E-state index contributed by atoms with van der Waals surface area (Å²) in [6.45, 7) is 8.11. The number of carbonyl (C=O) groups is 2. The Bertz CT molecular complexity index is 1710. The summed E-state index contributed by atoms with van der Waals surface area (Å²) in [5.41, 5.74) is 1.56. The molecule has 14 heteroatoms. The molecule has 0 aliphatic carbocycles. The van der Waals surface area contributed by atoms with Gasteiger partial charge in [-0.25, -0.2) is 9.88 Å². The Kier molecular flexibility index (Phi) is 16.7. The molecule has 2 aliphatic heterocycles. The van der Waals surface area contributed by atoms with Gasteiger partial charge >= 0.3 is 6.03 Å². The van der Waals surface area contributed by atoms with Crippen molar-refractivity contribution in [3.8, 4) is 11.5 Å². The molecule has 3 aromatic rings. The largest absolute Gasteiger partial charge is 0.497 e. The molecule has 0 spiro atoms. The first kappa shape index (κ1) is 44.9. The molecule has 0 bridgehead atoms. The Labute approximate surface area is 348 Å². The first-order valence-electron chi connectivity index (χ1n) is 20.0. The van der Waals surface area contributed by atoms with E-state index < -0.39 is 17.8 Å². The SMILES string of the molecule is CCOCCNP(=S)(OCCCCCNC(=O)CCCC1SCC2C1NC(=O)N2C(c1ccccc1)(c1ccc(OC)cc1)c1ccc(OC)cc1)OC(C)(C)C. The molecule has 0 aromatic heterocycles. The number of thioether (sulfide) groups is 1. The highest BCUT2D eigenvalue weighted by Crippen LogP contribution is 2.50. The first-order valence-corrected chi connectivity index (χ1v) is 23.7. The van der Waals surface area contributed by atoms with Gasteiger partial charge in [0, 0.05) is 37.1 Å². The van der Waals surface area contributed by atoms with Crippen molar-refractivity contribution in [2.45, 2.75) is 94.7 Å². The summed E-state index contributed by atoms with van der Waals surface area (Å²) < 4.78 is 28.7. The Morgan fingerprint density at radius 1 is 0.877 bits per heavy atom. The van der Waals surface area contributed by atoms with Crippen molar-refractivity contribution >= 4 is 42.1 Å². The van der Waals surface area contributed by atoms with Crippen LogP contribution in [0, 0.1) is 0 Å². The maximum atomic E-state index is 14.4. The lowest BCUT2D eigenvalue weighted by Gasteiger charge is -2.45. The number of amides is 3. The summed E-state index contributed by atoms with van der Waals surface area (Å²) in [6.07, 6.45) is 4.59. The van der Waals surface area contributed by atoms with E-state index in [9.17, 15) is 9.59 Å². The molecule has 4 atom stereocenters. The molecule has 57 heavy (non-hydrogen) atoms. The summed E-state index contributed by atoms with van der Waals surface area (Å²) in [7, 11) is 3.31. The number of carbonyl (C=O) groups excluding carboxylic acids is 2. The van der Waals surface area contributed by atoms with Crippen molar-refractivity contribution in [1.82, 2.24) is 20.6 Å². The predicted octanol–water partition coefficient (Wildman–Crippen LogP) is 8.01. The van der Waals surface area contributed by atoms with Gasteiger partial charge in [-0.2, -0.15) is 11.8 Å². The van der Waals surface area contributed by atoms with Gasteiger partial charge in [0.15, 0.2) is 0 Å². The second kappa shape index (κ2) is 21.2. The van der Waals surface area contributed by atoms with Crippen LogP contribution in [0.15, 0.2) is 78.9 Å². The number of ether oxygens (including phenoxy) is 3. The van der Waals surface area contributed by atoms with Crippen LogP contribution in [0.1, 0.15) is 82.9 Å². The van der Waals surface area contributed by atoms with Crippen molar-refractivity contribution in [3.05, 3.63) is 95.6 Å². The molecule has 312 valence electrons. The molecule has 3 aromatic carbocycles. The third-order valence-electron chi connectivity index (χ3n) is 10.2. The van der Waals surface area contributed by atoms with Crippen LogP contribution in [0.2, 0.25) is 0 Å². The quantitative estimate of drug-likeness (QED) is 0.0375. The molecule has 2 aliphatic rings. The number of benzene rings is 3. The van der Waals surface area contributed by atoms with Crippen LogP contribution < -0.4 is 25.2 Å². The first-order chi connectivity index (χ1) is 27.4. The average molecular weight is 841 g/mol. The Morgan fingerprint density at radius 3 is 2.11 bits per heavy atom. The van der Waals surface area contributed by atoms with Crippen molar-refractivity contribution < 1.29 is 32.8 Å². The minimum Gasteiger partial charge on any atom is -0.497 e. The van der Waals surface area contributed by atoms with Gasteiger partial charge in [-0.15, -0.1) is 0 Å². The third kappa shape index (κ3) is 11.7.